The molecule has 0 aromatic rings. The van der Waals surface area contributed by atoms with E-state index < -0.39 is 29.3 Å². The standard InChI is InChI=1S/C15H29O2.ClH.Hg/c1-2-3-4-5-6-7-8-9-10-11-12-13-14-15(16)17;;/h2H,3-14H2,1H3,(H,16,17);1H;/q;;+1/p-1. The van der Waals surface area contributed by atoms with Gasteiger partial charge in [0.25, 0.3) is 0 Å². The van der Waals surface area contributed by atoms with Crippen molar-refractivity contribution in [2.24, 2.45) is 0 Å². The molecule has 0 aliphatic heterocycles. The van der Waals surface area contributed by atoms with Crippen LogP contribution in [-0.4, -0.2) is 11.1 Å². The van der Waals surface area contributed by atoms with Crippen LogP contribution < -0.4 is 0 Å². The van der Waals surface area contributed by atoms with Crippen LogP contribution in [0.1, 0.15) is 84.0 Å². The molecule has 0 fully saturated rings. The van der Waals surface area contributed by atoms with E-state index in [4.69, 9.17) is 13.4 Å². The zero-order valence-corrected chi connectivity index (χ0v) is 18.8. The molecule has 1 unspecified atom stereocenters. The van der Waals surface area contributed by atoms with Gasteiger partial charge in [-0.05, 0) is 0 Å². The van der Waals surface area contributed by atoms with E-state index in [1.807, 2.05) is 0 Å². The van der Waals surface area contributed by atoms with Crippen LogP contribution in [0.3, 0.4) is 0 Å². The molecule has 0 amide bonds. The van der Waals surface area contributed by atoms with Gasteiger partial charge in [-0.2, -0.15) is 0 Å². The van der Waals surface area contributed by atoms with Gasteiger partial charge in [-0.15, -0.1) is 0 Å². The van der Waals surface area contributed by atoms with Crippen molar-refractivity contribution in [3.05, 3.63) is 0 Å². The SMILES string of the molecule is C[CH](CCCCCCCCCCCCC(=O)O)[Hg][Cl]. The molecule has 110 valence electrons. The van der Waals surface area contributed by atoms with Gasteiger partial charge < -0.3 is 5.11 Å². The Labute approximate surface area is 134 Å². The summed E-state index contributed by atoms with van der Waals surface area (Å²) in [6.45, 7) is 2.32. The molecule has 1 atom stereocenters. The summed E-state index contributed by atoms with van der Waals surface area (Å²) < 4.78 is 0.896. The van der Waals surface area contributed by atoms with Gasteiger partial charge in [0.1, 0.15) is 0 Å². The van der Waals surface area contributed by atoms with Gasteiger partial charge in [0, 0.05) is 6.42 Å². The van der Waals surface area contributed by atoms with E-state index in [0.29, 0.717) is 6.42 Å². The molecule has 0 heterocycles. The van der Waals surface area contributed by atoms with Crippen LogP contribution in [0.2, 0.25) is 3.43 Å². The fourth-order valence-electron chi connectivity index (χ4n) is 2.26. The molecule has 0 radical (unpaired) electrons. The molecule has 0 aliphatic rings. The molecule has 0 spiro atoms. The van der Waals surface area contributed by atoms with Crippen molar-refractivity contribution in [3.63, 3.8) is 0 Å². The molecule has 0 aliphatic carbocycles. The minimum atomic E-state index is -0.939. The molecule has 0 saturated carbocycles. The summed E-state index contributed by atoms with van der Waals surface area (Å²) in [6, 6.07) is 0. The second-order valence-electron chi connectivity index (χ2n) is 5.73. The summed E-state index contributed by atoms with van der Waals surface area (Å²) in [4.78, 5) is 10.3. The van der Waals surface area contributed by atoms with Crippen molar-refractivity contribution in [2.75, 3.05) is 0 Å². The number of unbranched alkanes of at least 4 members (excludes halogenated alkanes) is 9. The first-order chi connectivity index (χ1) is 9.16. The molecule has 0 saturated heterocycles. The Morgan fingerprint density at radius 2 is 1.37 bits per heavy atom. The van der Waals surface area contributed by atoms with Gasteiger partial charge in [0.15, 0.2) is 0 Å². The van der Waals surface area contributed by atoms with Crippen LogP contribution in [0, 0.1) is 0 Å². The Hall–Kier alpha value is 0.695. The number of carboxylic acid groups (broad SMARTS) is 1. The number of hydrogen-bond donors (Lipinski definition) is 1. The average Bonchev–Trinajstić information content (AvgIpc) is 2.39. The van der Waals surface area contributed by atoms with Crippen LogP contribution in [0.5, 0.6) is 0 Å². The van der Waals surface area contributed by atoms with Crippen LogP contribution in [0.25, 0.3) is 0 Å². The molecule has 0 bridgehead atoms. The Kier molecular flexibility index (Phi) is 15.6. The second-order valence-corrected chi connectivity index (χ2v) is 15.1. The van der Waals surface area contributed by atoms with E-state index in [1.165, 1.54) is 57.8 Å². The van der Waals surface area contributed by atoms with E-state index >= 15 is 0 Å². The van der Waals surface area contributed by atoms with E-state index in [2.05, 4.69) is 6.92 Å². The van der Waals surface area contributed by atoms with Gasteiger partial charge in [-0.3, -0.25) is 4.79 Å². The number of carboxylic acids is 1. The molecule has 19 heavy (non-hydrogen) atoms. The zero-order valence-electron chi connectivity index (χ0n) is 12.5. The molecule has 0 aromatic heterocycles. The van der Waals surface area contributed by atoms with E-state index in [9.17, 15) is 4.79 Å². The predicted molar refractivity (Wildman–Crippen MR) is 78.3 cm³/mol. The topological polar surface area (TPSA) is 37.3 Å². The number of aliphatic carboxylic acids is 1. The Morgan fingerprint density at radius 3 is 1.79 bits per heavy atom. The van der Waals surface area contributed by atoms with Crippen LogP contribution >= 0.6 is 8.25 Å². The van der Waals surface area contributed by atoms with E-state index in [0.717, 1.165) is 16.3 Å². The summed E-state index contributed by atoms with van der Waals surface area (Å²) in [6.07, 6.45) is 14.3. The summed E-state index contributed by atoms with van der Waals surface area (Å²) in [7, 11) is 5.99. The molecule has 4 heteroatoms. The first-order valence-corrected chi connectivity index (χ1v) is 17.9. The Bertz CT molecular complexity index is 212. The third kappa shape index (κ3) is 16.6. The second kappa shape index (κ2) is 15.1. The number of carbonyl (C=O) groups is 1. The molecule has 1 N–H and O–H groups in total. The quantitative estimate of drug-likeness (QED) is 0.254. The fourth-order valence-corrected chi connectivity index (χ4v) is 5.34. The monoisotopic (exact) mass is 478 g/mol. The Morgan fingerprint density at radius 1 is 0.947 bits per heavy atom. The van der Waals surface area contributed by atoms with Gasteiger partial charge >= 0.3 is 119 Å². The first-order valence-electron chi connectivity index (χ1n) is 7.94. The summed E-state index contributed by atoms with van der Waals surface area (Å²) in [5.41, 5.74) is 0. The van der Waals surface area contributed by atoms with Crippen LogP contribution in [0.15, 0.2) is 0 Å². The predicted octanol–water partition coefficient (Wildman–Crippen LogP) is 5.80. The fraction of sp³-hybridized carbons (Fsp3) is 0.933. The van der Waals surface area contributed by atoms with Crippen molar-refractivity contribution >= 4 is 14.2 Å². The van der Waals surface area contributed by atoms with Crippen molar-refractivity contribution in [3.8, 4) is 0 Å². The average molecular weight is 477 g/mol. The summed E-state index contributed by atoms with van der Waals surface area (Å²) in [5.74, 6) is -0.659. The molecule has 2 nitrogen and oxygen atoms in total. The minimum absolute atomic E-state index is 0.339. The summed E-state index contributed by atoms with van der Waals surface area (Å²) >= 11 is -0.939. The molecular weight excluding hydrogens is 448 g/mol. The third-order valence-electron chi connectivity index (χ3n) is 3.60. The van der Waals surface area contributed by atoms with Crippen molar-refractivity contribution in [1.82, 2.24) is 0 Å². The maximum atomic E-state index is 10.3. The maximum absolute atomic E-state index is 10.3. The van der Waals surface area contributed by atoms with E-state index in [-0.39, 0.29) is 0 Å². The Balaban J connectivity index is 3.01. The van der Waals surface area contributed by atoms with Gasteiger partial charge in [0.2, 0.25) is 0 Å². The van der Waals surface area contributed by atoms with Gasteiger partial charge in [-0.1, -0.05) is 0 Å². The number of hydrogen-bond acceptors (Lipinski definition) is 1. The van der Waals surface area contributed by atoms with Crippen molar-refractivity contribution < 1.29 is 33.2 Å². The number of rotatable bonds is 14. The summed E-state index contributed by atoms with van der Waals surface area (Å²) in [5, 5.41) is 8.50. The van der Waals surface area contributed by atoms with E-state index in [1.54, 1.807) is 0 Å². The van der Waals surface area contributed by atoms with Crippen molar-refractivity contribution in [2.45, 2.75) is 87.4 Å². The first kappa shape index (κ1) is 19.7. The third-order valence-corrected chi connectivity index (χ3v) is 11.9. The molecule has 0 aromatic carbocycles. The number of halogens is 1. The van der Waals surface area contributed by atoms with Crippen LogP contribution in [-0.2, 0) is 28.1 Å². The van der Waals surface area contributed by atoms with Gasteiger partial charge in [0.05, 0.1) is 0 Å². The zero-order chi connectivity index (χ0) is 14.3. The van der Waals surface area contributed by atoms with Crippen molar-refractivity contribution in [1.29, 1.82) is 0 Å². The van der Waals surface area contributed by atoms with Gasteiger partial charge in [-0.25, -0.2) is 0 Å². The van der Waals surface area contributed by atoms with Crippen LogP contribution in [0.4, 0.5) is 0 Å². The normalized spacial score (nSPS) is 12.1. The molecular formula is C15H29ClHgO2. The molecule has 0 rings (SSSR count).